The molecule has 1 amide bonds. The average Bonchev–Trinajstić information content (AvgIpc) is 3.01. The van der Waals surface area contributed by atoms with E-state index in [0.717, 1.165) is 22.4 Å². The molecule has 0 aliphatic heterocycles. The molecule has 0 bridgehead atoms. The molecule has 29 heavy (non-hydrogen) atoms. The molecule has 0 fully saturated rings. The molecule has 0 spiro atoms. The zero-order valence-corrected chi connectivity index (χ0v) is 19.3. The lowest BCUT2D eigenvalue weighted by atomic mass is 10.2. The van der Waals surface area contributed by atoms with Crippen LogP contribution in [0.25, 0.3) is 10.2 Å². The highest BCUT2D eigenvalue weighted by atomic mass is 35.5. The molecule has 1 heterocycles. The minimum atomic E-state index is -3.78. The summed E-state index contributed by atoms with van der Waals surface area (Å²) >= 11 is 8.92. The third-order valence-electron chi connectivity index (χ3n) is 4.38. The van der Waals surface area contributed by atoms with E-state index in [1.165, 1.54) is 41.2 Å². The topological polar surface area (TPSA) is 68.5 Å². The number of halogens is 1. The van der Waals surface area contributed by atoms with Gasteiger partial charge in [0, 0.05) is 17.3 Å². The lowest BCUT2D eigenvalue weighted by Gasteiger charge is -2.05. The van der Waals surface area contributed by atoms with Gasteiger partial charge in [-0.25, -0.2) is 8.42 Å². The highest BCUT2D eigenvalue weighted by molar-refractivity contribution is 7.98. The van der Waals surface area contributed by atoms with Crippen LogP contribution in [-0.4, -0.2) is 36.7 Å². The minimum absolute atomic E-state index is 0.0598. The Morgan fingerprint density at radius 1 is 1.21 bits per heavy atom. The van der Waals surface area contributed by atoms with Crippen molar-refractivity contribution in [1.29, 1.82) is 0 Å². The molecular formula is C20H21ClN2O3S3. The standard InChI is InChI=1S/C20H21ClN2O3S3/c1-3-14-4-9-17-18(12-14)28-20(23(17)10-11-27-2)22-19(24)13-29(25,26)16-7-5-15(21)6-8-16/h4-9,12H,3,10-11,13H2,1-2H3. The summed E-state index contributed by atoms with van der Waals surface area (Å²) in [5.41, 5.74) is 2.22. The highest BCUT2D eigenvalue weighted by Gasteiger charge is 2.19. The fourth-order valence-corrected chi connectivity index (χ4v) is 5.58. The van der Waals surface area contributed by atoms with Gasteiger partial charge in [0.2, 0.25) is 0 Å². The van der Waals surface area contributed by atoms with Gasteiger partial charge in [-0.3, -0.25) is 4.79 Å². The number of aromatic nitrogens is 1. The Kier molecular flexibility index (Phi) is 7.21. The van der Waals surface area contributed by atoms with Crippen LogP contribution >= 0.6 is 34.7 Å². The lowest BCUT2D eigenvalue weighted by molar-refractivity contribution is -0.115. The molecule has 0 radical (unpaired) electrons. The SMILES string of the molecule is CCc1ccc2c(c1)sc(=NC(=O)CS(=O)(=O)c1ccc(Cl)cc1)n2CCSC. The van der Waals surface area contributed by atoms with Crippen molar-refractivity contribution in [2.24, 2.45) is 4.99 Å². The largest absolute Gasteiger partial charge is 0.316 e. The molecule has 5 nitrogen and oxygen atoms in total. The molecule has 0 atom stereocenters. The molecule has 9 heteroatoms. The summed E-state index contributed by atoms with van der Waals surface area (Å²) < 4.78 is 28.1. The number of benzene rings is 2. The maximum Gasteiger partial charge on any atom is 0.263 e. The molecule has 0 aliphatic carbocycles. The third-order valence-corrected chi connectivity index (χ3v) is 7.88. The Hall–Kier alpha value is -1.61. The zero-order chi connectivity index (χ0) is 21.0. The van der Waals surface area contributed by atoms with E-state index in [1.807, 2.05) is 16.9 Å². The van der Waals surface area contributed by atoms with E-state index in [9.17, 15) is 13.2 Å². The summed E-state index contributed by atoms with van der Waals surface area (Å²) in [6.45, 7) is 2.79. The van der Waals surface area contributed by atoms with E-state index in [4.69, 9.17) is 11.6 Å². The van der Waals surface area contributed by atoms with Crippen LogP contribution < -0.4 is 4.80 Å². The molecule has 0 N–H and O–H groups in total. The number of rotatable bonds is 7. The average molecular weight is 469 g/mol. The van der Waals surface area contributed by atoms with Crippen LogP contribution in [0.1, 0.15) is 12.5 Å². The lowest BCUT2D eigenvalue weighted by Crippen LogP contribution is -2.21. The van der Waals surface area contributed by atoms with E-state index in [-0.39, 0.29) is 4.90 Å². The van der Waals surface area contributed by atoms with Crippen LogP contribution in [0.5, 0.6) is 0 Å². The second-order valence-electron chi connectivity index (χ2n) is 6.40. The van der Waals surface area contributed by atoms with Crippen molar-refractivity contribution >= 4 is 60.7 Å². The molecule has 0 aliphatic rings. The smallest absolute Gasteiger partial charge is 0.263 e. The summed E-state index contributed by atoms with van der Waals surface area (Å²) in [6.07, 6.45) is 2.94. The molecule has 1 aromatic heterocycles. The van der Waals surface area contributed by atoms with E-state index in [0.29, 0.717) is 16.4 Å². The highest BCUT2D eigenvalue weighted by Crippen LogP contribution is 2.20. The van der Waals surface area contributed by atoms with Gasteiger partial charge in [-0.2, -0.15) is 16.8 Å². The van der Waals surface area contributed by atoms with Gasteiger partial charge in [0.15, 0.2) is 14.6 Å². The Morgan fingerprint density at radius 3 is 2.59 bits per heavy atom. The van der Waals surface area contributed by atoms with Crippen molar-refractivity contribution in [1.82, 2.24) is 4.57 Å². The van der Waals surface area contributed by atoms with Crippen LogP contribution in [-0.2, 0) is 27.6 Å². The van der Waals surface area contributed by atoms with Crippen LogP contribution in [0, 0.1) is 0 Å². The van der Waals surface area contributed by atoms with Gasteiger partial charge in [-0.15, -0.1) is 0 Å². The van der Waals surface area contributed by atoms with Crippen molar-refractivity contribution in [2.45, 2.75) is 24.8 Å². The first kappa shape index (κ1) is 22.1. The molecule has 2 aromatic carbocycles. The van der Waals surface area contributed by atoms with Gasteiger partial charge >= 0.3 is 0 Å². The van der Waals surface area contributed by atoms with Crippen molar-refractivity contribution in [2.75, 3.05) is 17.8 Å². The summed E-state index contributed by atoms with van der Waals surface area (Å²) in [6, 6.07) is 12.0. The molecule has 0 saturated carbocycles. The normalized spacial score (nSPS) is 12.6. The van der Waals surface area contributed by atoms with Gasteiger partial charge < -0.3 is 4.57 Å². The van der Waals surface area contributed by atoms with E-state index >= 15 is 0 Å². The Bertz CT molecular complexity index is 1200. The first-order valence-electron chi connectivity index (χ1n) is 9.01. The maximum absolute atomic E-state index is 12.5. The van der Waals surface area contributed by atoms with Gasteiger partial charge in [-0.05, 0) is 54.6 Å². The minimum Gasteiger partial charge on any atom is -0.316 e. The zero-order valence-electron chi connectivity index (χ0n) is 16.1. The Morgan fingerprint density at radius 2 is 1.93 bits per heavy atom. The number of aryl methyl sites for hydroxylation is 2. The molecule has 3 aromatic rings. The summed E-state index contributed by atoms with van der Waals surface area (Å²) in [7, 11) is -3.78. The van der Waals surface area contributed by atoms with Gasteiger partial charge in [-0.1, -0.05) is 35.9 Å². The Balaban J connectivity index is 1.97. The van der Waals surface area contributed by atoms with Gasteiger partial charge in [0.25, 0.3) is 5.91 Å². The van der Waals surface area contributed by atoms with Gasteiger partial charge in [0.1, 0.15) is 5.75 Å². The number of fused-ring (bicyclic) bond motifs is 1. The number of carbonyl (C=O) groups excluding carboxylic acids is 1. The number of sulfone groups is 1. The van der Waals surface area contributed by atoms with Gasteiger partial charge in [0.05, 0.1) is 15.1 Å². The number of amides is 1. The first-order chi connectivity index (χ1) is 13.8. The Labute approximate surface area is 183 Å². The van der Waals surface area contributed by atoms with E-state index in [2.05, 4.69) is 24.0 Å². The number of nitrogens with zero attached hydrogens (tertiary/aromatic N) is 2. The van der Waals surface area contributed by atoms with Crippen LogP contribution in [0.3, 0.4) is 0 Å². The monoisotopic (exact) mass is 468 g/mol. The quantitative estimate of drug-likeness (QED) is 0.521. The predicted octanol–water partition coefficient (Wildman–Crippen LogP) is 4.18. The van der Waals surface area contributed by atoms with Crippen LogP contribution in [0.15, 0.2) is 52.4 Å². The fourth-order valence-electron chi connectivity index (χ4n) is 2.85. The number of thiazole rings is 1. The molecule has 3 rings (SSSR count). The number of hydrogen-bond donors (Lipinski definition) is 0. The van der Waals surface area contributed by atoms with Crippen molar-refractivity contribution in [3.05, 3.63) is 57.9 Å². The van der Waals surface area contributed by atoms with Crippen molar-refractivity contribution in [3.63, 3.8) is 0 Å². The predicted molar refractivity (Wildman–Crippen MR) is 122 cm³/mol. The van der Waals surface area contributed by atoms with Crippen LogP contribution in [0.4, 0.5) is 0 Å². The van der Waals surface area contributed by atoms with Crippen molar-refractivity contribution in [3.8, 4) is 0 Å². The molecular weight excluding hydrogens is 448 g/mol. The maximum atomic E-state index is 12.5. The summed E-state index contributed by atoms with van der Waals surface area (Å²) in [5, 5.41) is 0.437. The fraction of sp³-hybridized carbons (Fsp3) is 0.300. The van der Waals surface area contributed by atoms with Crippen molar-refractivity contribution < 1.29 is 13.2 Å². The number of thioether (sulfide) groups is 1. The first-order valence-corrected chi connectivity index (χ1v) is 13.2. The number of hydrogen-bond acceptors (Lipinski definition) is 5. The molecule has 0 saturated heterocycles. The second-order valence-corrected chi connectivity index (χ2v) is 10.8. The van der Waals surface area contributed by atoms with Crippen LogP contribution in [0.2, 0.25) is 5.02 Å². The molecule has 0 unspecified atom stereocenters. The van der Waals surface area contributed by atoms with E-state index in [1.54, 1.807) is 11.8 Å². The number of carbonyl (C=O) groups is 1. The van der Waals surface area contributed by atoms with E-state index < -0.39 is 21.5 Å². The summed E-state index contributed by atoms with van der Waals surface area (Å²) in [4.78, 5) is 17.3. The second kappa shape index (κ2) is 9.47. The summed E-state index contributed by atoms with van der Waals surface area (Å²) in [5.74, 6) is -0.489. The third kappa shape index (κ3) is 5.31. The molecule has 154 valence electrons.